The van der Waals surface area contributed by atoms with Crippen LogP contribution < -0.4 is 10.6 Å². The number of nitrogens with one attached hydrogen (secondary N) is 2. The molecule has 0 radical (unpaired) electrons. The fraction of sp³-hybridized carbons (Fsp3) is 0.900. The summed E-state index contributed by atoms with van der Waals surface area (Å²) in [4.78, 5) is 11.5. The summed E-state index contributed by atoms with van der Waals surface area (Å²) in [7, 11) is 0. The maximum absolute atomic E-state index is 11.5. The fourth-order valence-corrected chi connectivity index (χ4v) is 1.69. The molecule has 1 heterocycles. The molecule has 0 spiro atoms. The molecule has 0 bridgehead atoms. The first kappa shape index (κ1) is 14.7. The Morgan fingerprint density at radius 1 is 1.67 bits per heavy atom. The lowest BCUT2D eigenvalue weighted by Crippen LogP contribution is -2.43. The van der Waals surface area contributed by atoms with Crippen LogP contribution in [0.4, 0.5) is 0 Å². The summed E-state index contributed by atoms with van der Waals surface area (Å²) < 4.78 is 0. The lowest BCUT2D eigenvalue weighted by molar-refractivity contribution is -0.123. The molecule has 1 rings (SSSR count). The van der Waals surface area contributed by atoms with Crippen LogP contribution in [0, 0.1) is 0 Å². The van der Waals surface area contributed by atoms with Crippen LogP contribution in [0.3, 0.4) is 0 Å². The predicted octanol–water partition coefficient (Wildman–Crippen LogP) is 0.437. The van der Waals surface area contributed by atoms with Crippen LogP contribution in [0.2, 0.25) is 0 Å². The maximum atomic E-state index is 11.5. The summed E-state index contributed by atoms with van der Waals surface area (Å²) in [5, 5.41) is 15.3. The van der Waals surface area contributed by atoms with Crippen molar-refractivity contribution in [2.45, 2.75) is 44.8 Å². The highest BCUT2D eigenvalue weighted by molar-refractivity contribution is 5.85. The second-order valence-electron chi connectivity index (χ2n) is 3.84. The Morgan fingerprint density at radius 3 is 2.93 bits per heavy atom. The van der Waals surface area contributed by atoms with E-state index in [-0.39, 0.29) is 24.4 Å². The van der Waals surface area contributed by atoms with Crippen molar-refractivity contribution in [1.29, 1.82) is 0 Å². The third-order valence-electron chi connectivity index (χ3n) is 2.51. The molecule has 1 aliphatic rings. The van der Waals surface area contributed by atoms with E-state index in [9.17, 15) is 9.90 Å². The first-order valence-corrected chi connectivity index (χ1v) is 5.43. The summed E-state index contributed by atoms with van der Waals surface area (Å²) >= 11 is 0. The van der Waals surface area contributed by atoms with Crippen LogP contribution in [0.1, 0.15) is 32.6 Å². The van der Waals surface area contributed by atoms with E-state index in [0.717, 1.165) is 32.2 Å². The molecule has 5 heteroatoms. The Bertz CT molecular complexity index is 184. The van der Waals surface area contributed by atoms with Gasteiger partial charge in [0.1, 0.15) is 0 Å². The van der Waals surface area contributed by atoms with E-state index in [1.54, 1.807) is 0 Å². The Balaban J connectivity index is 0.00000196. The molecule has 2 atom stereocenters. The second-order valence-corrected chi connectivity index (χ2v) is 3.84. The van der Waals surface area contributed by atoms with Gasteiger partial charge in [0, 0.05) is 6.54 Å². The predicted molar refractivity (Wildman–Crippen MR) is 62.2 cm³/mol. The molecular formula is C10H21ClN2O2. The molecule has 15 heavy (non-hydrogen) atoms. The van der Waals surface area contributed by atoms with Crippen molar-refractivity contribution >= 4 is 18.3 Å². The van der Waals surface area contributed by atoms with Crippen molar-refractivity contribution in [1.82, 2.24) is 10.6 Å². The van der Waals surface area contributed by atoms with Gasteiger partial charge < -0.3 is 15.7 Å². The molecule has 90 valence electrons. The van der Waals surface area contributed by atoms with Crippen LogP contribution in [0.25, 0.3) is 0 Å². The Hall–Kier alpha value is -0.320. The minimum atomic E-state index is -0.398. The molecule has 1 fully saturated rings. The van der Waals surface area contributed by atoms with Crippen LogP contribution in [0.15, 0.2) is 0 Å². The van der Waals surface area contributed by atoms with Crippen LogP contribution in [0.5, 0.6) is 0 Å². The molecule has 1 amide bonds. The average molecular weight is 237 g/mol. The standard InChI is InChI=1S/C10H20N2O2.ClH/c1-2-4-8(13)7-12-10(14)9-5-3-6-11-9;/h8-9,11,13H,2-7H2,1H3,(H,12,14);1H. The molecule has 0 aliphatic carbocycles. The van der Waals surface area contributed by atoms with Crippen LogP contribution in [-0.4, -0.2) is 36.2 Å². The molecule has 0 saturated carbocycles. The molecule has 4 nitrogen and oxygen atoms in total. The highest BCUT2D eigenvalue weighted by Crippen LogP contribution is 2.04. The van der Waals surface area contributed by atoms with Crippen molar-refractivity contribution in [3.63, 3.8) is 0 Å². The van der Waals surface area contributed by atoms with Gasteiger partial charge >= 0.3 is 0 Å². The number of hydrogen-bond acceptors (Lipinski definition) is 3. The van der Waals surface area contributed by atoms with Crippen molar-refractivity contribution in [2.75, 3.05) is 13.1 Å². The van der Waals surface area contributed by atoms with Gasteiger partial charge in [0.25, 0.3) is 0 Å². The zero-order valence-electron chi connectivity index (χ0n) is 9.16. The Kier molecular flexibility index (Phi) is 7.74. The third kappa shape index (κ3) is 5.35. The molecule has 1 saturated heterocycles. The third-order valence-corrected chi connectivity index (χ3v) is 2.51. The highest BCUT2D eigenvalue weighted by atomic mass is 35.5. The number of aliphatic hydroxyl groups is 1. The van der Waals surface area contributed by atoms with E-state index in [1.165, 1.54) is 0 Å². The number of halogens is 1. The first-order chi connectivity index (χ1) is 6.74. The summed E-state index contributed by atoms with van der Waals surface area (Å²) in [6.07, 6.45) is 3.27. The minimum absolute atomic E-state index is 0. The van der Waals surface area contributed by atoms with Gasteiger partial charge in [0.05, 0.1) is 12.1 Å². The van der Waals surface area contributed by atoms with Gasteiger partial charge in [0.2, 0.25) is 5.91 Å². The molecule has 2 unspecified atom stereocenters. The fourth-order valence-electron chi connectivity index (χ4n) is 1.69. The topological polar surface area (TPSA) is 61.4 Å². The maximum Gasteiger partial charge on any atom is 0.237 e. The smallest absolute Gasteiger partial charge is 0.237 e. The van der Waals surface area contributed by atoms with Crippen molar-refractivity contribution in [2.24, 2.45) is 0 Å². The second kappa shape index (κ2) is 7.91. The highest BCUT2D eigenvalue weighted by Gasteiger charge is 2.21. The number of amides is 1. The van der Waals surface area contributed by atoms with E-state index in [4.69, 9.17) is 0 Å². The normalized spacial score (nSPS) is 21.9. The first-order valence-electron chi connectivity index (χ1n) is 5.43. The van der Waals surface area contributed by atoms with Crippen molar-refractivity contribution < 1.29 is 9.90 Å². The molecule has 0 aromatic carbocycles. The molecular weight excluding hydrogens is 216 g/mol. The van der Waals surface area contributed by atoms with Gasteiger partial charge in [-0.3, -0.25) is 4.79 Å². The van der Waals surface area contributed by atoms with Crippen LogP contribution in [-0.2, 0) is 4.79 Å². The number of carbonyl (C=O) groups excluding carboxylic acids is 1. The number of carbonyl (C=O) groups is 1. The summed E-state index contributed by atoms with van der Waals surface area (Å²) in [6, 6.07) is -0.0381. The monoisotopic (exact) mass is 236 g/mol. The van der Waals surface area contributed by atoms with Crippen molar-refractivity contribution in [3.8, 4) is 0 Å². The Labute approximate surface area is 97.2 Å². The minimum Gasteiger partial charge on any atom is -0.391 e. The van der Waals surface area contributed by atoms with Crippen molar-refractivity contribution in [3.05, 3.63) is 0 Å². The SMILES string of the molecule is CCCC(O)CNC(=O)C1CCCN1.Cl. The van der Waals surface area contributed by atoms with E-state index in [1.807, 2.05) is 6.92 Å². The van der Waals surface area contributed by atoms with Gasteiger partial charge in [-0.1, -0.05) is 13.3 Å². The van der Waals surface area contributed by atoms with Gasteiger partial charge in [-0.25, -0.2) is 0 Å². The van der Waals surface area contributed by atoms with Gasteiger partial charge in [0.15, 0.2) is 0 Å². The lowest BCUT2D eigenvalue weighted by Gasteiger charge is -2.14. The van der Waals surface area contributed by atoms with E-state index < -0.39 is 6.10 Å². The number of aliphatic hydroxyl groups excluding tert-OH is 1. The largest absolute Gasteiger partial charge is 0.391 e. The summed E-state index contributed by atoms with van der Waals surface area (Å²) in [6.45, 7) is 3.32. The average Bonchev–Trinajstić information content (AvgIpc) is 2.67. The zero-order chi connectivity index (χ0) is 10.4. The summed E-state index contributed by atoms with van der Waals surface area (Å²) in [5.74, 6) is 0.0256. The molecule has 0 aromatic heterocycles. The molecule has 1 aliphatic heterocycles. The lowest BCUT2D eigenvalue weighted by atomic mass is 10.2. The van der Waals surface area contributed by atoms with Gasteiger partial charge in [-0.05, 0) is 25.8 Å². The van der Waals surface area contributed by atoms with E-state index >= 15 is 0 Å². The van der Waals surface area contributed by atoms with Crippen LogP contribution >= 0.6 is 12.4 Å². The van der Waals surface area contributed by atoms with E-state index in [0.29, 0.717) is 6.54 Å². The zero-order valence-corrected chi connectivity index (χ0v) is 9.98. The quantitative estimate of drug-likeness (QED) is 0.649. The van der Waals surface area contributed by atoms with E-state index in [2.05, 4.69) is 10.6 Å². The number of hydrogen-bond donors (Lipinski definition) is 3. The Morgan fingerprint density at radius 2 is 2.40 bits per heavy atom. The molecule has 0 aromatic rings. The summed E-state index contributed by atoms with van der Waals surface area (Å²) in [5.41, 5.74) is 0. The molecule has 3 N–H and O–H groups in total. The van der Waals surface area contributed by atoms with Gasteiger partial charge in [-0.2, -0.15) is 0 Å². The van der Waals surface area contributed by atoms with Gasteiger partial charge in [-0.15, -0.1) is 12.4 Å². The number of rotatable bonds is 5.